The Labute approximate surface area is 86.4 Å². The normalized spacial score (nSPS) is 20.7. The number of aromatic nitrogens is 2. The van der Waals surface area contributed by atoms with E-state index in [1.807, 2.05) is 0 Å². The zero-order chi connectivity index (χ0) is 10.8. The standard InChI is InChI=1S/C10H11N3O2/c1-2-7-5-9(14)13(6-7)8-3-4-11-10(15)12-8/h2-4,7H,1,5-6H2,(H,11,12,15). The molecule has 0 spiro atoms. The molecule has 2 rings (SSSR count). The molecule has 5 heteroatoms. The van der Waals surface area contributed by atoms with Crippen molar-refractivity contribution in [2.75, 3.05) is 11.4 Å². The zero-order valence-corrected chi connectivity index (χ0v) is 8.14. The molecule has 0 saturated carbocycles. The van der Waals surface area contributed by atoms with Crippen molar-refractivity contribution in [1.82, 2.24) is 9.97 Å². The van der Waals surface area contributed by atoms with Crippen LogP contribution >= 0.6 is 0 Å². The molecule has 1 aliphatic heterocycles. The van der Waals surface area contributed by atoms with Gasteiger partial charge in [-0.2, -0.15) is 0 Å². The van der Waals surface area contributed by atoms with Gasteiger partial charge in [0.2, 0.25) is 5.91 Å². The van der Waals surface area contributed by atoms with Crippen LogP contribution in [0.25, 0.3) is 0 Å². The molecular formula is C10H11N3O2. The van der Waals surface area contributed by atoms with Gasteiger partial charge in [0, 0.05) is 25.1 Å². The van der Waals surface area contributed by atoms with Crippen molar-refractivity contribution < 1.29 is 4.79 Å². The lowest BCUT2D eigenvalue weighted by Gasteiger charge is -2.14. The lowest BCUT2D eigenvalue weighted by atomic mass is 10.1. The summed E-state index contributed by atoms with van der Waals surface area (Å²) in [5.74, 6) is 0.667. The van der Waals surface area contributed by atoms with Crippen LogP contribution in [0.5, 0.6) is 0 Å². The summed E-state index contributed by atoms with van der Waals surface area (Å²) in [5, 5.41) is 0. The van der Waals surface area contributed by atoms with E-state index in [0.717, 1.165) is 0 Å². The molecule has 1 aromatic heterocycles. The van der Waals surface area contributed by atoms with Crippen molar-refractivity contribution in [3.63, 3.8) is 0 Å². The summed E-state index contributed by atoms with van der Waals surface area (Å²) in [6.45, 7) is 4.23. The number of amides is 1. The van der Waals surface area contributed by atoms with Gasteiger partial charge in [-0.3, -0.25) is 14.7 Å². The van der Waals surface area contributed by atoms with Crippen LogP contribution in [0.2, 0.25) is 0 Å². The van der Waals surface area contributed by atoms with Crippen molar-refractivity contribution >= 4 is 11.7 Å². The Balaban J connectivity index is 2.29. The topological polar surface area (TPSA) is 66.1 Å². The lowest BCUT2D eigenvalue weighted by molar-refractivity contribution is -0.117. The van der Waals surface area contributed by atoms with Gasteiger partial charge in [0.1, 0.15) is 5.82 Å². The fourth-order valence-electron chi connectivity index (χ4n) is 1.64. The van der Waals surface area contributed by atoms with Crippen LogP contribution in [0, 0.1) is 5.92 Å². The molecule has 0 radical (unpaired) electrons. The molecule has 1 aliphatic rings. The molecule has 1 fully saturated rings. The van der Waals surface area contributed by atoms with E-state index in [1.165, 1.54) is 6.20 Å². The third kappa shape index (κ3) is 1.81. The van der Waals surface area contributed by atoms with E-state index in [0.29, 0.717) is 18.8 Å². The highest BCUT2D eigenvalue weighted by molar-refractivity contribution is 5.94. The first-order valence-electron chi connectivity index (χ1n) is 4.69. The summed E-state index contributed by atoms with van der Waals surface area (Å²) in [7, 11) is 0. The van der Waals surface area contributed by atoms with Gasteiger partial charge in [0.05, 0.1) is 0 Å². The molecule has 2 heterocycles. The van der Waals surface area contributed by atoms with Gasteiger partial charge in [0.25, 0.3) is 0 Å². The van der Waals surface area contributed by atoms with Gasteiger partial charge in [-0.25, -0.2) is 9.78 Å². The number of carbonyl (C=O) groups excluding carboxylic acids is 1. The van der Waals surface area contributed by atoms with Crippen LogP contribution in [-0.4, -0.2) is 22.4 Å². The molecule has 1 atom stereocenters. The maximum absolute atomic E-state index is 11.6. The summed E-state index contributed by atoms with van der Waals surface area (Å²) in [6.07, 6.45) is 3.60. The Morgan fingerprint density at radius 2 is 2.40 bits per heavy atom. The predicted molar refractivity (Wildman–Crippen MR) is 55.5 cm³/mol. The molecule has 78 valence electrons. The van der Waals surface area contributed by atoms with Crippen LogP contribution in [-0.2, 0) is 4.79 Å². The number of nitrogens with zero attached hydrogens (tertiary/aromatic N) is 2. The molecule has 0 aliphatic carbocycles. The minimum atomic E-state index is -0.442. The maximum Gasteiger partial charge on any atom is 0.346 e. The summed E-state index contributed by atoms with van der Waals surface area (Å²) in [6, 6.07) is 1.62. The van der Waals surface area contributed by atoms with E-state index in [1.54, 1.807) is 17.0 Å². The SMILES string of the molecule is C=CC1CC(=O)N(c2ccnc(=O)[nH]2)C1. The van der Waals surface area contributed by atoms with Crippen molar-refractivity contribution in [1.29, 1.82) is 0 Å². The molecule has 1 amide bonds. The Bertz CT molecular complexity index is 452. The fraction of sp³-hybridized carbons (Fsp3) is 0.300. The number of H-pyrrole nitrogens is 1. The second-order valence-corrected chi connectivity index (χ2v) is 3.46. The molecule has 0 bridgehead atoms. The van der Waals surface area contributed by atoms with Gasteiger partial charge in [-0.05, 0) is 6.07 Å². The third-order valence-electron chi connectivity index (χ3n) is 2.44. The van der Waals surface area contributed by atoms with Crippen LogP contribution in [0.4, 0.5) is 5.82 Å². The molecule has 1 aromatic rings. The minimum Gasteiger partial charge on any atom is -0.298 e. The monoisotopic (exact) mass is 205 g/mol. The number of carbonyl (C=O) groups is 1. The Hall–Kier alpha value is -1.91. The Morgan fingerprint density at radius 3 is 3.00 bits per heavy atom. The Kier molecular flexibility index (Phi) is 2.37. The van der Waals surface area contributed by atoms with Crippen molar-refractivity contribution in [3.05, 3.63) is 35.4 Å². The molecule has 15 heavy (non-hydrogen) atoms. The summed E-state index contributed by atoms with van der Waals surface area (Å²) in [4.78, 5) is 30.2. The fourth-order valence-corrected chi connectivity index (χ4v) is 1.64. The zero-order valence-electron chi connectivity index (χ0n) is 8.14. The number of aromatic amines is 1. The number of hydrogen-bond acceptors (Lipinski definition) is 3. The van der Waals surface area contributed by atoms with E-state index >= 15 is 0 Å². The van der Waals surface area contributed by atoms with Gasteiger partial charge in [-0.15, -0.1) is 6.58 Å². The van der Waals surface area contributed by atoms with Crippen molar-refractivity contribution in [2.45, 2.75) is 6.42 Å². The average Bonchev–Trinajstić information content (AvgIpc) is 2.60. The van der Waals surface area contributed by atoms with E-state index in [-0.39, 0.29) is 11.8 Å². The van der Waals surface area contributed by atoms with Gasteiger partial charge < -0.3 is 0 Å². The number of hydrogen-bond donors (Lipinski definition) is 1. The summed E-state index contributed by atoms with van der Waals surface area (Å²) in [5.41, 5.74) is -0.442. The maximum atomic E-state index is 11.6. The highest BCUT2D eigenvalue weighted by atomic mass is 16.2. The highest BCUT2D eigenvalue weighted by Crippen LogP contribution is 2.22. The smallest absolute Gasteiger partial charge is 0.298 e. The average molecular weight is 205 g/mol. The first-order valence-corrected chi connectivity index (χ1v) is 4.69. The van der Waals surface area contributed by atoms with Gasteiger partial charge in [-0.1, -0.05) is 6.08 Å². The molecule has 5 nitrogen and oxygen atoms in total. The van der Waals surface area contributed by atoms with E-state index < -0.39 is 5.69 Å². The molecule has 1 unspecified atom stereocenters. The minimum absolute atomic E-state index is 0.00162. The van der Waals surface area contributed by atoms with E-state index in [9.17, 15) is 9.59 Å². The number of anilines is 1. The quantitative estimate of drug-likeness (QED) is 0.706. The highest BCUT2D eigenvalue weighted by Gasteiger charge is 2.29. The second kappa shape index (κ2) is 3.68. The largest absolute Gasteiger partial charge is 0.346 e. The van der Waals surface area contributed by atoms with Crippen LogP contribution in [0.3, 0.4) is 0 Å². The molecule has 1 saturated heterocycles. The van der Waals surface area contributed by atoms with Crippen molar-refractivity contribution in [2.24, 2.45) is 5.92 Å². The van der Waals surface area contributed by atoms with E-state index in [4.69, 9.17) is 0 Å². The molecule has 1 N–H and O–H groups in total. The summed E-state index contributed by atoms with van der Waals surface area (Å²) < 4.78 is 0. The van der Waals surface area contributed by atoms with E-state index in [2.05, 4.69) is 16.5 Å². The number of nitrogens with one attached hydrogen (secondary N) is 1. The van der Waals surface area contributed by atoms with Crippen LogP contribution < -0.4 is 10.6 Å². The first-order chi connectivity index (χ1) is 7.20. The van der Waals surface area contributed by atoms with Gasteiger partial charge in [0.15, 0.2) is 0 Å². The third-order valence-corrected chi connectivity index (χ3v) is 2.44. The summed E-state index contributed by atoms with van der Waals surface area (Å²) >= 11 is 0. The molecule has 0 aromatic carbocycles. The van der Waals surface area contributed by atoms with Crippen LogP contribution in [0.1, 0.15) is 6.42 Å². The second-order valence-electron chi connectivity index (χ2n) is 3.46. The van der Waals surface area contributed by atoms with Gasteiger partial charge >= 0.3 is 5.69 Å². The lowest BCUT2D eigenvalue weighted by Crippen LogP contribution is -2.27. The van der Waals surface area contributed by atoms with Crippen molar-refractivity contribution in [3.8, 4) is 0 Å². The predicted octanol–water partition coefficient (Wildman–Crippen LogP) is 0.309. The Morgan fingerprint density at radius 1 is 1.60 bits per heavy atom. The first kappa shape index (κ1) is 9.64. The number of rotatable bonds is 2. The molecular weight excluding hydrogens is 194 g/mol. The van der Waals surface area contributed by atoms with Crippen LogP contribution in [0.15, 0.2) is 29.7 Å².